The molecule has 1 amide bonds. The first-order valence-corrected chi connectivity index (χ1v) is 13.3. The molecule has 3 heterocycles. The molecule has 2 aromatic heterocycles. The first-order valence-electron chi connectivity index (χ1n) is 11.8. The third-order valence-electron chi connectivity index (χ3n) is 5.99. The maximum atomic E-state index is 13.3. The molecule has 36 heavy (non-hydrogen) atoms. The number of benzene rings is 2. The lowest BCUT2D eigenvalue weighted by Gasteiger charge is -2.12. The van der Waals surface area contributed by atoms with Crippen LogP contribution in [0.25, 0.3) is 22.2 Å². The number of sulfonamides is 1. The molecule has 0 fully saturated rings. The van der Waals surface area contributed by atoms with Crippen LogP contribution < -0.4 is 10.0 Å². The van der Waals surface area contributed by atoms with Gasteiger partial charge in [0.05, 0.1) is 21.7 Å². The Morgan fingerprint density at radius 2 is 1.67 bits per heavy atom. The number of carbonyl (C=O) groups excluding carboxylic acids is 1. The number of pyridine rings is 2. The fraction of sp³-hybridized carbons (Fsp3) is 0.185. The topological polar surface area (TPSA) is 113 Å². The van der Waals surface area contributed by atoms with Crippen LogP contribution in [0.5, 0.6) is 0 Å². The van der Waals surface area contributed by atoms with E-state index in [-0.39, 0.29) is 10.8 Å². The van der Waals surface area contributed by atoms with Gasteiger partial charge in [-0.3, -0.25) is 19.5 Å². The second-order valence-electron chi connectivity index (χ2n) is 8.53. The molecule has 2 N–H and O–H groups in total. The molecule has 4 aromatic rings. The fourth-order valence-electron chi connectivity index (χ4n) is 4.12. The van der Waals surface area contributed by atoms with Crippen molar-refractivity contribution in [3.8, 4) is 11.3 Å². The van der Waals surface area contributed by atoms with Crippen LogP contribution in [0.1, 0.15) is 36.0 Å². The van der Waals surface area contributed by atoms with E-state index in [1.54, 1.807) is 30.6 Å². The van der Waals surface area contributed by atoms with Crippen LogP contribution in [0, 0.1) is 0 Å². The molecule has 182 valence electrons. The highest BCUT2D eigenvalue weighted by Gasteiger charge is 2.18. The predicted molar refractivity (Wildman–Crippen MR) is 140 cm³/mol. The largest absolute Gasteiger partial charge is 0.322 e. The summed E-state index contributed by atoms with van der Waals surface area (Å²) in [5.41, 5.74) is 3.17. The molecular weight excluding hydrogens is 474 g/mol. The zero-order valence-corrected chi connectivity index (χ0v) is 20.3. The highest BCUT2D eigenvalue weighted by Crippen LogP contribution is 2.25. The van der Waals surface area contributed by atoms with Gasteiger partial charge in [0.2, 0.25) is 0 Å². The Labute approximate surface area is 209 Å². The second kappa shape index (κ2) is 10.2. The molecule has 0 saturated carbocycles. The Balaban J connectivity index is 1.38. The third kappa shape index (κ3) is 5.26. The van der Waals surface area contributed by atoms with Crippen LogP contribution in [-0.4, -0.2) is 36.7 Å². The van der Waals surface area contributed by atoms with Gasteiger partial charge in [0.25, 0.3) is 15.9 Å². The number of amidine groups is 1. The Morgan fingerprint density at radius 1 is 0.889 bits per heavy atom. The van der Waals surface area contributed by atoms with Crippen LogP contribution in [0.2, 0.25) is 0 Å². The van der Waals surface area contributed by atoms with Gasteiger partial charge in [0.15, 0.2) is 0 Å². The number of fused-ring (bicyclic) bond motifs is 1. The van der Waals surface area contributed by atoms with E-state index in [0.29, 0.717) is 41.3 Å². The van der Waals surface area contributed by atoms with Crippen molar-refractivity contribution in [1.29, 1.82) is 0 Å². The number of hydrogen-bond acceptors (Lipinski definition) is 6. The zero-order valence-electron chi connectivity index (χ0n) is 19.5. The van der Waals surface area contributed by atoms with Gasteiger partial charge in [0.1, 0.15) is 5.84 Å². The lowest BCUT2D eigenvalue weighted by atomic mass is 10.0. The molecule has 0 unspecified atom stereocenters. The fourth-order valence-corrected chi connectivity index (χ4v) is 5.21. The summed E-state index contributed by atoms with van der Waals surface area (Å²) in [5.74, 6) is 0.185. The normalized spacial score (nSPS) is 14.1. The van der Waals surface area contributed by atoms with Gasteiger partial charge in [-0.15, -0.1) is 0 Å². The number of anilines is 1. The Bertz CT molecular complexity index is 1540. The monoisotopic (exact) mass is 499 g/mol. The number of amides is 1. The number of nitrogens with one attached hydrogen (secondary N) is 2. The van der Waals surface area contributed by atoms with Crippen LogP contribution >= 0.6 is 0 Å². The van der Waals surface area contributed by atoms with Crippen molar-refractivity contribution in [3.05, 3.63) is 84.7 Å². The summed E-state index contributed by atoms with van der Waals surface area (Å²) >= 11 is 0. The zero-order chi connectivity index (χ0) is 25.0. The van der Waals surface area contributed by atoms with Crippen molar-refractivity contribution >= 4 is 38.4 Å². The number of rotatable bonds is 5. The smallest absolute Gasteiger partial charge is 0.262 e. The summed E-state index contributed by atoms with van der Waals surface area (Å²) in [6, 6.07) is 19.0. The summed E-state index contributed by atoms with van der Waals surface area (Å²) in [6.45, 7) is 0.634. The molecule has 9 heteroatoms. The molecular formula is C27H25N5O3S. The van der Waals surface area contributed by atoms with Gasteiger partial charge in [-0.05, 0) is 61.4 Å². The average Bonchev–Trinajstić information content (AvgIpc) is 3.17. The van der Waals surface area contributed by atoms with Gasteiger partial charge in [0, 0.05) is 42.0 Å². The number of carbonyl (C=O) groups is 1. The third-order valence-corrected chi connectivity index (χ3v) is 7.38. The van der Waals surface area contributed by atoms with Crippen molar-refractivity contribution in [2.75, 3.05) is 11.9 Å². The number of para-hydroxylation sites is 1. The number of nitrogens with zero attached hydrogens (tertiary/aromatic N) is 3. The quantitative estimate of drug-likeness (QED) is 0.409. The summed E-state index contributed by atoms with van der Waals surface area (Å²) in [5, 5.41) is 3.60. The van der Waals surface area contributed by atoms with Crippen LogP contribution in [-0.2, 0) is 10.0 Å². The van der Waals surface area contributed by atoms with Gasteiger partial charge >= 0.3 is 0 Å². The average molecular weight is 500 g/mol. The lowest BCUT2D eigenvalue weighted by Crippen LogP contribution is -2.30. The first-order chi connectivity index (χ1) is 17.5. The van der Waals surface area contributed by atoms with Crippen LogP contribution in [0.15, 0.2) is 89.0 Å². The Hall–Kier alpha value is -4.11. The maximum absolute atomic E-state index is 13.3. The highest BCUT2D eigenvalue weighted by molar-refractivity contribution is 7.90. The van der Waals surface area contributed by atoms with Crippen LogP contribution in [0.3, 0.4) is 0 Å². The molecule has 0 bridgehead atoms. The van der Waals surface area contributed by atoms with Crippen molar-refractivity contribution in [3.63, 3.8) is 0 Å². The van der Waals surface area contributed by atoms with Crippen molar-refractivity contribution < 1.29 is 13.2 Å². The predicted octanol–water partition coefficient (Wildman–Crippen LogP) is 4.80. The van der Waals surface area contributed by atoms with Gasteiger partial charge < -0.3 is 5.32 Å². The number of aliphatic imine (C=N–C) groups is 1. The second-order valence-corrected chi connectivity index (χ2v) is 10.2. The molecule has 0 atom stereocenters. The molecule has 1 aliphatic heterocycles. The summed E-state index contributed by atoms with van der Waals surface area (Å²) in [6.07, 6.45) is 6.90. The first kappa shape index (κ1) is 23.6. The van der Waals surface area contributed by atoms with Crippen molar-refractivity contribution in [2.24, 2.45) is 4.99 Å². The molecule has 8 nitrogen and oxygen atoms in total. The molecule has 0 spiro atoms. The van der Waals surface area contributed by atoms with Crippen molar-refractivity contribution in [2.45, 2.75) is 30.6 Å². The molecule has 0 radical (unpaired) electrons. The Morgan fingerprint density at radius 3 is 2.47 bits per heavy atom. The van der Waals surface area contributed by atoms with E-state index in [1.807, 2.05) is 36.4 Å². The van der Waals surface area contributed by atoms with E-state index in [4.69, 9.17) is 4.98 Å². The lowest BCUT2D eigenvalue weighted by molar-refractivity contribution is 0.102. The molecule has 0 saturated heterocycles. The summed E-state index contributed by atoms with van der Waals surface area (Å²) < 4.78 is 28.2. The minimum absolute atomic E-state index is 0.113. The standard InChI is InChI=1S/C27H25N5O3S/c33-27(23-18-25(19-13-16-28-17-14-19)31-24-7-4-3-6-22(23)24)30-20-9-11-21(12-10-20)36(34,35)32-26-8-2-1-5-15-29-26/h3-4,6-7,9-14,16-18H,1-2,5,8,15H2,(H,29,32)(H,30,33). The SMILES string of the molecule is O=C(Nc1ccc(S(=O)(=O)NC2=NCCCCC2)cc1)c1cc(-c2ccncc2)nc2ccccc12. The van der Waals surface area contributed by atoms with Crippen molar-refractivity contribution in [1.82, 2.24) is 14.7 Å². The van der Waals surface area contributed by atoms with E-state index in [9.17, 15) is 13.2 Å². The van der Waals surface area contributed by atoms with E-state index >= 15 is 0 Å². The van der Waals surface area contributed by atoms with E-state index < -0.39 is 10.0 Å². The maximum Gasteiger partial charge on any atom is 0.262 e. The molecule has 2 aromatic carbocycles. The highest BCUT2D eigenvalue weighted by atomic mass is 32.2. The van der Waals surface area contributed by atoms with Gasteiger partial charge in [-0.1, -0.05) is 24.6 Å². The minimum atomic E-state index is -3.75. The molecule has 0 aliphatic carbocycles. The molecule has 5 rings (SSSR count). The minimum Gasteiger partial charge on any atom is -0.322 e. The number of hydrogen-bond donors (Lipinski definition) is 2. The number of aromatic nitrogens is 2. The van der Waals surface area contributed by atoms with Gasteiger partial charge in [-0.25, -0.2) is 13.4 Å². The van der Waals surface area contributed by atoms with E-state index in [1.165, 1.54) is 12.1 Å². The molecule has 1 aliphatic rings. The summed E-state index contributed by atoms with van der Waals surface area (Å²) in [7, 11) is -3.75. The van der Waals surface area contributed by atoms with E-state index in [2.05, 4.69) is 20.0 Å². The van der Waals surface area contributed by atoms with Gasteiger partial charge in [-0.2, -0.15) is 0 Å². The van der Waals surface area contributed by atoms with E-state index in [0.717, 1.165) is 30.2 Å². The summed E-state index contributed by atoms with van der Waals surface area (Å²) in [4.78, 5) is 26.5. The van der Waals surface area contributed by atoms with Crippen LogP contribution in [0.4, 0.5) is 5.69 Å². The Kier molecular flexibility index (Phi) is 6.73.